The quantitative estimate of drug-likeness (QED) is 0.892. The molecule has 0 bridgehead atoms. The molecule has 5 nitrogen and oxygen atoms in total. The van der Waals surface area contributed by atoms with E-state index in [0.29, 0.717) is 13.1 Å². The Kier molecular flexibility index (Phi) is 5.86. The Balaban J connectivity index is 1.52. The lowest BCUT2D eigenvalue weighted by Crippen LogP contribution is -2.48. The minimum atomic E-state index is -0.665. The van der Waals surface area contributed by atoms with Crippen molar-refractivity contribution in [3.05, 3.63) is 29.8 Å². The molecular formula is C19H25F2N3O2. The second-order valence-corrected chi connectivity index (χ2v) is 7.13. The standard InChI is InChI=1S/C19H25F2N3O2/c1-13(18(25)22-17-12-15(20)4-5-16(17)21)23-10-6-14(7-11-23)19(26)24-8-2-3-9-24/h4-5,12-14H,2-3,6-11H2,1H3,(H,22,25)/t13-/m0/s1. The number of nitrogens with zero attached hydrogens (tertiary/aromatic N) is 2. The molecule has 1 aromatic rings. The highest BCUT2D eigenvalue weighted by atomic mass is 19.1. The first-order valence-corrected chi connectivity index (χ1v) is 9.24. The molecule has 0 spiro atoms. The summed E-state index contributed by atoms with van der Waals surface area (Å²) in [6, 6.07) is 2.50. The van der Waals surface area contributed by atoms with Gasteiger partial charge in [-0.3, -0.25) is 14.5 Å². The molecule has 26 heavy (non-hydrogen) atoms. The maximum absolute atomic E-state index is 13.7. The topological polar surface area (TPSA) is 52.7 Å². The average Bonchev–Trinajstić information content (AvgIpc) is 3.18. The molecule has 0 aliphatic carbocycles. The first-order valence-electron chi connectivity index (χ1n) is 9.24. The summed E-state index contributed by atoms with van der Waals surface area (Å²) >= 11 is 0. The number of carbonyl (C=O) groups is 2. The second-order valence-electron chi connectivity index (χ2n) is 7.13. The van der Waals surface area contributed by atoms with Crippen LogP contribution in [0.2, 0.25) is 0 Å². The summed E-state index contributed by atoms with van der Waals surface area (Å²) < 4.78 is 26.9. The Bertz CT molecular complexity index is 669. The Hall–Kier alpha value is -2.02. The normalized spacial score (nSPS) is 20.2. The highest BCUT2D eigenvalue weighted by Crippen LogP contribution is 2.24. The van der Waals surface area contributed by atoms with Crippen LogP contribution in [-0.4, -0.2) is 53.8 Å². The van der Waals surface area contributed by atoms with E-state index in [4.69, 9.17) is 0 Å². The number of hydrogen-bond donors (Lipinski definition) is 1. The molecule has 2 heterocycles. The SMILES string of the molecule is C[C@@H](C(=O)Nc1cc(F)ccc1F)N1CCC(C(=O)N2CCCC2)CC1. The average molecular weight is 365 g/mol. The van der Waals surface area contributed by atoms with E-state index in [2.05, 4.69) is 5.32 Å². The lowest BCUT2D eigenvalue weighted by molar-refractivity contribution is -0.136. The van der Waals surface area contributed by atoms with Gasteiger partial charge >= 0.3 is 0 Å². The summed E-state index contributed by atoms with van der Waals surface area (Å²) in [5.41, 5.74) is -0.152. The summed E-state index contributed by atoms with van der Waals surface area (Å²) in [5, 5.41) is 2.46. The number of nitrogens with one attached hydrogen (secondary N) is 1. The lowest BCUT2D eigenvalue weighted by Gasteiger charge is -2.36. The van der Waals surface area contributed by atoms with Gasteiger partial charge in [0.15, 0.2) is 0 Å². The monoisotopic (exact) mass is 365 g/mol. The van der Waals surface area contributed by atoms with Gasteiger partial charge in [-0.1, -0.05) is 0 Å². The minimum absolute atomic E-state index is 0.0280. The molecular weight excluding hydrogens is 340 g/mol. The maximum atomic E-state index is 13.7. The van der Waals surface area contributed by atoms with Crippen molar-refractivity contribution in [3.63, 3.8) is 0 Å². The molecule has 2 amide bonds. The van der Waals surface area contributed by atoms with Crippen molar-refractivity contribution in [2.24, 2.45) is 5.92 Å². The smallest absolute Gasteiger partial charge is 0.241 e. The van der Waals surface area contributed by atoms with Gasteiger partial charge in [0.05, 0.1) is 11.7 Å². The molecule has 0 unspecified atom stereocenters. The van der Waals surface area contributed by atoms with E-state index in [0.717, 1.165) is 57.0 Å². The zero-order valence-corrected chi connectivity index (χ0v) is 15.0. The highest BCUT2D eigenvalue weighted by molar-refractivity contribution is 5.94. The van der Waals surface area contributed by atoms with E-state index in [9.17, 15) is 18.4 Å². The van der Waals surface area contributed by atoms with Crippen molar-refractivity contribution in [1.82, 2.24) is 9.80 Å². The predicted octanol–water partition coefficient (Wildman–Crippen LogP) is 2.63. The molecule has 0 saturated carbocycles. The van der Waals surface area contributed by atoms with Crippen LogP contribution in [0.1, 0.15) is 32.6 Å². The molecule has 2 aliphatic rings. The maximum Gasteiger partial charge on any atom is 0.241 e. The number of anilines is 1. The van der Waals surface area contributed by atoms with E-state index in [1.807, 2.05) is 9.80 Å². The van der Waals surface area contributed by atoms with Gasteiger partial charge in [-0.05, 0) is 57.8 Å². The largest absolute Gasteiger partial charge is 0.342 e. The first-order chi connectivity index (χ1) is 12.5. The summed E-state index contributed by atoms with van der Waals surface area (Å²) in [6.45, 7) is 4.75. The number of piperidine rings is 1. The van der Waals surface area contributed by atoms with Gasteiger partial charge in [-0.15, -0.1) is 0 Å². The fourth-order valence-corrected chi connectivity index (χ4v) is 3.73. The molecule has 2 aliphatic heterocycles. The molecule has 2 fully saturated rings. The van der Waals surface area contributed by atoms with Crippen molar-refractivity contribution < 1.29 is 18.4 Å². The van der Waals surface area contributed by atoms with Gasteiger partial charge in [0.2, 0.25) is 11.8 Å². The molecule has 0 radical (unpaired) electrons. The molecule has 142 valence electrons. The number of halogens is 2. The van der Waals surface area contributed by atoms with Crippen LogP contribution in [0.5, 0.6) is 0 Å². The summed E-state index contributed by atoms with van der Waals surface area (Å²) in [4.78, 5) is 28.8. The fourth-order valence-electron chi connectivity index (χ4n) is 3.73. The van der Waals surface area contributed by atoms with Crippen LogP contribution in [0.4, 0.5) is 14.5 Å². The van der Waals surface area contributed by atoms with Gasteiger partial charge in [0.1, 0.15) is 11.6 Å². The number of benzene rings is 1. The van der Waals surface area contributed by atoms with Gasteiger partial charge < -0.3 is 10.2 Å². The van der Waals surface area contributed by atoms with E-state index in [1.54, 1.807) is 6.92 Å². The second kappa shape index (κ2) is 8.12. The Morgan fingerprint density at radius 1 is 1.12 bits per heavy atom. The Morgan fingerprint density at radius 3 is 2.42 bits per heavy atom. The van der Waals surface area contributed by atoms with Crippen LogP contribution in [0, 0.1) is 17.6 Å². The van der Waals surface area contributed by atoms with Crippen LogP contribution >= 0.6 is 0 Å². The number of hydrogen-bond acceptors (Lipinski definition) is 3. The minimum Gasteiger partial charge on any atom is -0.342 e. The zero-order chi connectivity index (χ0) is 18.7. The summed E-state index contributed by atoms with van der Waals surface area (Å²) in [6.07, 6.45) is 3.61. The van der Waals surface area contributed by atoms with Crippen molar-refractivity contribution >= 4 is 17.5 Å². The van der Waals surface area contributed by atoms with Gasteiger partial charge in [-0.25, -0.2) is 8.78 Å². The molecule has 3 rings (SSSR count). The number of likely N-dealkylation sites (tertiary alicyclic amines) is 2. The third kappa shape index (κ3) is 4.20. The fraction of sp³-hybridized carbons (Fsp3) is 0.579. The molecule has 1 N–H and O–H groups in total. The van der Waals surface area contributed by atoms with E-state index in [1.165, 1.54) is 0 Å². The molecule has 2 saturated heterocycles. The third-order valence-corrected chi connectivity index (χ3v) is 5.41. The summed E-state index contributed by atoms with van der Waals surface area (Å²) in [7, 11) is 0. The van der Waals surface area contributed by atoms with E-state index >= 15 is 0 Å². The molecule has 1 aromatic carbocycles. The molecule has 1 atom stereocenters. The van der Waals surface area contributed by atoms with Crippen LogP contribution in [0.15, 0.2) is 18.2 Å². The first kappa shape index (κ1) is 18.8. The predicted molar refractivity (Wildman–Crippen MR) is 94.6 cm³/mol. The third-order valence-electron chi connectivity index (χ3n) is 5.41. The van der Waals surface area contributed by atoms with Crippen LogP contribution in [0.25, 0.3) is 0 Å². The number of carbonyl (C=O) groups excluding carboxylic acids is 2. The van der Waals surface area contributed by atoms with Crippen molar-refractivity contribution in [2.75, 3.05) is 31.5 Å². The van der Waals surface area contributed by atoms with Crippen LogP contribution in [0.3, 0.4) is 0 Å². The van der Waals surface area contributed by atoms with E-state index in [-0.39, 0.29) is 23.4 Å². The van der Waals surface area contributed by atoms with Crippen molar-refractivity contribution in [2.45, 2.75) is 38.6 Å². The van der Waals surface area contributed by atoms with Gasteiger partial charge in [-0.2, -0.15) is 0 Å². The lowest BCUT2D eigenvalue weighted by atomic mass is 9.94. The molecule has 7 heteroatoms. The summed E-state index contributed by atoms with van der Waals surface area (Å²) in [5.74, 6) is -1.38. The zero-order valence-electron chi connectivity index (χ0n) is 15.0. The van der Waals surface area contributed by atoms with Crippen LogP contribution < -0.4 is 5.32 Å². The number of amides is 2. The van der Waals surface area contributed by atoms with E-state index < -0.39 is 17.7 Å². The van der Waals surface area contributed by atoms with Gasteiger partial charge in [0, 0.05) is 25.1 Å². The van der Waals surface area contributed by atoms with Crippen molar-refractivity contribution in [3.8, 4) is 0 Å². The Morgan fingerprint density at radius 2 is 1.77 bits per heavy atom. The Labute approximate surface area is 152 Å². The van der Waals surface area contributed by atoms with Crippen molar-refractivity contribution in [1.29, 1.82) is 0 Å². The van der Waals surface area contributed by atoms with Gasteiger partial charge in [0.25, 0.3) is 0 Å². The number of rotatable bonds is 4. The highest BCUT2D eigenvalue weighted by Gasteiger charge is 2.32. The van der Waals surface area contributed by atoms with Crippen LogP contribution in [-0.2, 0) is 9.59 Å². The molecule has 0 aromatic heterocycles.